The normalized spacial score (nSPS) is 32.5. The lowest BCUT2D eigenvalue weighted by Gasteiger charge is -2.34. The highest BCUT2D eigenvalue weighted by Gasteiger charge is 2.36. The zero-order chi connectivity index (χ0) is 14.1. The third kappa shape index (κ3) is 3.66. The van der Waals surface area contributed by atoms with Crippen LogP contribution in [0.3, 0.4) is 0 Å². The average Bonchev–Trinajstić information content (AvgIpc) is 2.67. The number of nitrogens with one attached hydrogen (secondary N) is 1. The number of nitrogens with zero attached hydrogens (tertiary/aromatic N) is 1. The van der Waals surface area contributed by atoms with Crippen LogP contribution in [-0.4, -0.2) is 63.0 Å². The van der Waals surface area contributed by atoms with Crippen molar-refractivity contribution in [1.82, 2.24) is 9.03 Å². The second-order valence-corrected chi connectivity index (χ2v) is 9.05. The minimum absolute atomic E-state index is 0.0314. The highest BCUT2D eigenvalue weighted by atomic mass is 32.2. The summed E-state index contributed by atoms with van der Waals surface area (Å²) in [5, 5.41) is 9.24. The number of sulfone groups is 1. The van der Waals surface area contributed by atoms with Gasteiger partial charge in [0.15, 0.2) is 9.84 Å². The van der Waals surface area contributed by atoms with Gasteiger partial charge in [-0.05, 0) is 19.3 Å². The predicted octanol–water partition coefficient (Wildman–Crippen LogP) is -1.15. The molecule has 0 amide bonds. The van der Waals surface area contributed by atoms with Gasteiger partial charge < -0.3 is 5.11 Å². The van der Waals surface area contributed by atoms with Crippen molar-refractivity contribution in [2.75, 3.05) is 24.7 Å². The molecule has 0 aromatic rings. The largest absolute Gasteiger partial charge is 0.395 e. The Bertz CT molecular complexity index is 516. The molecule has 2 saturated heterocycles. The second kappa shape index (κ2) is 5.65. The molecule has 2 aliphatic rings. The topological polar surface area (TPSA) is 104 Å². The van der Waals surface area contributed by atoms with E-state index < -0.39 is 32.1 Å². The van der Waals surface area contributed by atoms with Crippen LogP contribution in [0, 0.1) is 0 Å². The number of piperidine rings is 1. The van der Waals surface area contributed by atoms with E-state index in [2.05, 4.69) is 4.72 Å². The first kappa shape index (κ1) is 15.2. The molecule has 0 radical (unpaired) electrons. The van der Waals surface area contributed by atoms with Crippen molar-refractivity contribution < 1.29 is 21.9 Å². The number of aliphatic hydroxyl groups excluding tert-OH is 1. The smallest absolute Gasteiger partial charge is 0.280 e. The van der Waals surface area contributed by atoms with E-state index in [9.17, 15) is 21.9 Å². The first-order chi connectivity index (χ1) is 8.84. The summed E-state index contributed by atoms with van der Waals surface area (Å²) in [6.45, 7) is 0.171. The van der Waals surface area contributed by atoms with Gasteiger partial charge >= 0.3 is 0 Å². The first-order valence-corrected chi connectivity index (χ1v) is 9.70. The molecule has 0 spiro atoms. The van der Waals surface area contributed by atoms with Crippen molar-refractivity contribution in [3.8, 4) is 0 Å². The summed E-state index contributed by atoms with van der Waals surface area (Å²) in [5.41, 5.74) is 0. The Labute approximate surface area is 114 Å². The molecule has 112 valence electrons. The van der Waals surface area contributed by atoms with Gasteiger partial charge in [-0.25, -0.2) is 8.42 Å². The Kier molecular flexibility index (Phi) is 4.51. The minimum Gasteiger partial charge on any atom is -0.395 e. The van der Waals surface area contributed by atoms with E-state index in [0.29, 0.717) is 19.4 Å². The van der Waals surface area contributed by atoms with Crippen LogP contribution in [-0.2, 0) is 20.0 Å². The van der Waals surface area contributed by atoms with Crippen molar-refractivity contribution in [1.29, 1.82) is 0 Å². The molecule has 0 aromatic carbocycles. The van der Waals surface area contributed by atoms with E-state index in [1.165, 1.54) is 4.31 Å². The van der Waals surface area contributed by atoms with Crippen LogP contribution in [0.5, 0.6) is 0 Å². The van der Waals surface area contributed by atoms with Crippen molar-refractivity contribution in [3.05, 3.63) is 0 Å². The van der Waals surface area contributed by atoms with E-state index in [1.807, 2.05) is 0 Å². The van der Waals surface area contributed by atoms with Crippen molar-refractivity contribution in [2.24, 2.45) is 0 Å². The molecule has 2 rings (SSSR count). The standard InChI is InChI=1S/C10H20N2O5S2/c13-7-10-3-1-2-5-12(10)19(16,17)11-9-4-6-18(14,15)8-9/h9-11,13H,1-8H2. The van der Waals surface area contributed by atoms with Crippen LogP contribution >= 0.6 is 0 Å². The average molecular weight is 312 g/mol. The Morgan fingerprint density at radius 1 is 1.26 bits per heavy atom. The van der Waals surface area contributed by atoms with Gasteiger partial charge in [-0.2, -0.15) is 17.4 Å². The fraction of sp³-hybridized carbons (Fsp3) is 1.00. The number of hydrogen-bond acceptors (Lipinski definition) is 5. The fourth-order valence-electron chi connectivity index (χ4n) is 2.64. The second-order valence-electron chi connectivity index (χ2n) is 5.17. The molecule has 2 atom stereocenters. The molecule has 2 heterocycles. The molecule has 7 nitrogen and oxygen atoms in total. The first-order valence-electron chi connectivity index (χ1n) is 6.44. The molecule has 0 aliphatic carbocycles. The lowest BCUT2D eigenvalue weighted by atomic mass is 10.1. The van der Waals surface area contributed by atoms with Gasteiger partial charge in [-0.15, -0.1) is 0 Å². The highest BCUT2D eigenvalue weighted by Crippen LogP contribution is 2.21. The van der Waals surface area contributed by atoms with E-state index in [4.69, 9.17) is 0 Å². The van der Waals surface area contributed by atoms with Crippen molar-refractivity contribution >= 4 is 20.0 Å². The lowest BCUT2D eigenvalue weighted by Crippen LogP contribution is -2.52. The molecule has 19 heavy (non-hydrogen) atoms. The van der Waals surface area contributed by atoms with Crippen LogP contribution in [0.25, 0.3) is 0 Å². The minimum atomic E-state index is -3.72. The van der Waals surface area contributed by atoms with Crippen LogP contribution in [0.15, 0.2) is 0 Å². The van der Waals surface area contributed by atoms with Gasteiger partial charge in [0.05, 0.1) is 18.1 Å². The fourth-order valence-corrected chi connectivity index (χ4v) is 6.11. The summed E-state index contributed by atoms with van der Waals surface area (Å²) >= 11 is 0. The molecular weight excluding hydrogens is 292 g/mol. The van der Waals surface area contributed by atoms with Crippen LogP contribution in [0.2, 0.25) is 0 Å². The maximum atomic E-state index is 12.2. The molecule has 2 fully saturated rings. The summed E-state index contributed by atoms with van der Waals surface area (Å²) in [5.74, 6) is -0.104. The monoisotopic (exact) mass is 312 g/mol. The van der Waals surface area contributed by atoms with Crippen LogP contribution in [0.1, 0.15) is 25.7 Å². The number of rotatable bonds is 4. The highest BCUT2D eigenvalue weighted by molar-refractivity contribution is 7.91. The predicted molar refractivity (Wildman–Crippen MR) is 70.5 cm³/mol. The molecule has 2 N–H and O–H groups in total. The van der Waals surface area contributed by atoms with Gasteiger partial charge in [0, 0.05) is 18.6 Å². The van der Waals surface area contributed by atoms with E-state index in [-0.39, 0.29) is 18.1 Å². The maximum absolute atomic E-state index is 12.2. The summed E-state index contributed by atoms with van der Waals surface area (Å²) in [4.78, 5) is 0. The van der Waals surface area contributed by atoms with Crippen LogP contribution in [0.4, 0.5) is 0 Å². The molecule has 9 heteroatoms. The van der Waals surface area contributed by atoms with Gasteiger partial charge in [0.1, 0.15) is 0 Å². The van der Waals surface area contributed by atoms with Crippen molar-refractivity contribution in [2.45, 2.75) is 37.8 Å². The summed E-state index contributed by atoms with van der Waals surface area (Å²) in [6, 6.07) is -0.944. The van der Waals surface area contributed by atoms with Gasteiger partial charge in [-0.1, -0.05) is 6.42 Å². The van der Waals surface area contributed by atoms with Gasteiger partial charge in [0.25, 0.3) is 10.2 Å². The summed E-state index contributed by atoms with van der Waals surface area (Å²) in [7, 11) is -6.83. The Balaban J connectivity index is 2.05. The Hall–Kier alpha value is -0.220. The summed E-state index contributed by atoms with van der Waals surface area (Å²) < 4.78 is 50.8. The Morgan fingerprint density at radius 3 is 2.58 bits per heavy atom. The number of hydrogen-bond donors (Lipinski definition) is 2. The zero-order valence-electron chi connectivity index (χ0n) is 10.7. The quantitative estimate of drug-likeness (QED) is 0.682. The van der Waals surface area contributed by atoms with Crippen molar-refractivity contribution in [3.63, 3.8) is 0 Å². The summed E-state index contributed by atoms with van der Waals surface area (Å²) in [6.07, 6.45) is 2.62. The molecule has 2 unspecified atom stereocenters. The van der Waals surface area contributed by atoms with E-state index in [0.717, 1.165) is 12.8 Å². The number of aliphatic hydroxyl groups is 1. The molecule has 0 bridgehead atoms. The SMILES string of the molecule is O=S1(=O)CCC(NS(=O)(=O)N2CCCCC2CO)C1. The third-order valence-electron chi connectivity index (χ3n) is 3.64. The van der Waals surface area contributed by atoms with Gasteiger partial charge in [0.2, 0.25) is 0 Å². The third-order valence-corrected chi connectivity index (χ3v) is 7.14. The molecular formula is C10H20N2O5S2. The van der Waals surface area contributed by atoms with Gasteiger partial charge in [-0.3, -0.25) is 0 Å². The zero-order valence-corrected chi connectivity index (χ0v) is 12.3. The molecule has 0 saturated carbocycles. The lowest BCUT2D eigenvalue weighted by molar-refractivity contribution is 0.153. The molecule has 0 aromatic heterocycles. The molecule has 2 aliphatic heterocycles. The van der Waals surface area contributed by atoms with E-state index >= 15 is 0 Å². The Morgan fingerprint density at radius 2 is 2.00 bits per heavy atom. The maximum Gasteiger partial charge on any atom is 0.280 e. The van der Waals surface area contributed by atoms with E-state index in [1.54, 1.807) is 0 Å². The van der Waals surface area contributed by atoms with Crippen LogP contribution < -0.4 is 4.72 Å².